The predicted molar refractivity (Wildman–Crippen MR) is 65.7 cm³/mol. The summed E-state index contributed by atoms with van der Waals surface area (Å²) in [5, 5.41) is 2.52. The number of carbonyl (C=O) groups excluding carboxylic acids is 1. The molecule has 5 heteroatoms. The zero-order chi connectivity index (χ0) is 12.3. The number of nitrogens with zero attached hydrogens (tertiary/aromatic N) is 1. The molecule has 0 radical (unpaired) electrons. The number of hydrogen-bond acceptors (Lipinski definition) is 3. The fourth-order valence-electron chi connectivity index (χ4n) is 1.27. The van der Waals surface area contributed by atoms with Gasteiger partial charge in [0.25, 0.3) is 0 Å². The second kappa shape index (κ2) is 4.88. The van der Waals surface area contributed by atoms with Crippen molar-refractivity contribution in [2.24, 2.45) is 5.73 Å². The molecule has 2 aromatic rings. The first kappa shape index (κ1) is 11.5. The zero-order valence-corrected chi connectivity index (χ0v) is 9.58. The molecule has 2 N–H and O–H groups in total. The molecule has 1 heterocycles. The maximum atomic E-state index is 12.7. The number of aromatic nitrogens is 1. The highest BCUT2D eigenvalue weighted by atomic mass is 32.1. The second-order valence-electron chi connectivity index (χ2n) is 3.31. The van der Waals surface area contributed by atoms with E-state index >= 15 is 0 Å². The monoisotopic (exact) mass is 248 g/mol. The van der Waals surface area contributed by atoms with Crippen LogP contribution in [0.1, 0.15) is 5.01 Å². The summed E-state index contributed by atoms with van der Waals surface area (Å²) in [5.41, 5.74) is 6.57. The number of carbonyl (C=O) groups is 1. The molecule has 17 heavy (non-hydrogen) atoms. The Hall–Kier alpha value is -2.01. The van der Waals surface area contributed by atoms with Gasteiger partial charge >= 0.3 is 0 Å². The minimum Gasteiger partial charge on any atom is -0.366 e. The van der Waals surface area contributed by atoms with E-state index in [0.29, 0.717) is 5.01 Å². The third-order valence-corrected chi connectivity index (χ3v) is 2.86. The summed E-state index contributed by atoms with van der Waals surface area (Å²) in [5.74, 6) is -0.790. The Balaban J connectivity index is 2.23. The minimum atomic E-state index is -0.511. The van der Waals surface area contributed by atoms with Gasteiger partial charge in [-0.05, 0) is 30.3 Å². The van der Waals surface area contributed by atoms with Crippen LogP contribution in [0.25, 0.3) is 17.3 Å². The third-order valence-electron chi connectivity index (χ3n) is 2.05. The number of nitrogens with two attached hydrogens (primary N) is 1. The van der Waals surface area contributed by atoms with Gasteiger partial charge in [0.15, 0.2) is 0 Å². The Kier molecular flexibility index (Phi) is 3.30. The van der Waals surface area contributed by atoms with Gasteiger partial charge in [0.2, 0.25) is 5.91 Å². The lowest BCUT2D eigenvalue weighted by Gasteiger charge is -1.94. The van der Waals surface area contributed by atoms with Crippen molar-refractivity contribution in [3.8, 4) is 11.3 Å². The summed E-state index contributed by atoms with van der Waals surface area (Å²) in [7, 11) is 0. The first-order valence-electron chi connectivity index (χ1n) is 4.84. The van der Waals surface area contributed by atoms with Crippen molar-refractivity contribution >= 4 is 23.3 Å². The number of halogens is 1. The van der Waals surface area contributed by atoms with Crippen LogP contribution in [-0.4, -0.2) is 10.9 Å². The molecule has 0 aliphatic heterocycles. The lowest BCUT2D eigenvalue weighted by atomic mass is 10.2. The number of amides is 1. The van der Waals surface area contributed by atoms with E-state index in [1.807, 2.05) is 5.38 Å². The number of thiazole rings is 1. The summed E-state index contributed by atoms with van der Waals surface area (Å²) in [6, 6.07) is 6.08. The largest absolute Gasteiger partial charge is 0.366 e. The van der Waals surface area contributed by atoms with E-state index < -0.39 is 5.91 Å². The van der Waals surface area contributed by atoms with Crippen LogP contribution >= 0.6 is 11.3 Å². The standard InChI is InChI=1S/C12H9FN2OS/c13-9-3-1-8(2-4-9)10-7-17-12(15-10)6-5-11(14)16/h1-7H,(H2,14,16). The molecule has 1 aromatic heterocycles. The topological polar surface area (TPSA) is 56.0 Å². The SMILES string of the molecule is NC(=O)C=Cc1nc(-c2ccc(F)cc2)cs1. The quantitative estimate of drug-likeness (QED) is 0.848. The smallest absolute Gasteiger partial charge is 0.241 e. The molecule has 0 aliphatic rings. The molecule has 0 spiro atoms. The van der Waals surface area contributed by atoms with Crippen LogP contribution in [0.15, 0.2) is 35.7 Å². The van der Waals surface area contributed by atoms with Crippen molar-refractivity contribution in [2.75, 3.05) is 0 Å². The molecular formula is C12H9FN2OS. The van der Waals surface area contributed by atoms with Crippen molar-refractivity contribution in [3.05, 3.63) is 46.5 Å². The summed E-state index contributed by atoms with van der Waals surface area (Å²) < 4.78 is 12.7. The number of rotatable bonds is 3. The van der Waals surface area contributed by atoms with Gasteiger partial charge in [-0.25, -0.2) is 9.37 Å². The minimum absolute atomic E-state index is 0.280. The molecule has 0 fully saturated rings. The Morgan fingerprint density at radius 2 is 2.06 bits per heavy atom. The van der Waals surface area contributed by atoms with E-state index in [0.717, 1.165) is 11.3 Å². The molecule has 3 nitrogen and oxygen atoms in total. The van der Waals surface area contributed by atoms with Crippen LogP contribution in [-0.2, 0) is 4.79 Å². The van der Waals surface area contributed by atoms with Gasteiger partial charge in [-0.1, -0.05) is 0 Å². The van der Waals surface area contributed by atoms with Gasteiger partial charge in [0.05, 0.1) is 5.69 Å². The maximum absolute atomic E-state index is 12.7. The maximum Gasteiger partial charge on any atom is 0.241 e. The van der Waals surface area contributed by atoms with Gasteiger partial charge in [-0.3, -0.25) is 4.79 Å². The number of primary amides is 1. The Morgan fingerprint density at radius 1 is 1.35 bits per heavy atom. The van der Waals surface area contributed by atoms with E-state index in [1.54, 1.807) is 18.2 Å². The first-order chi connectivity index (χ1) is 8.15. The summed E-state index contributed by atoms with van der Waals surface area (Å²) >= 11 is 1.39. The Bertz CT molecular complexity index is 560. The van der Waals surface area contributed by atoms with E-state index in [9.17, 15) is 9.18 Å². The average molecular weight is 248 g/mol. The highest BCUT2D eigenvalue weighted by molar-refractivity contribution is 7.10. The molecular weight excluding hydrogens is 239 g/mol. The summed E-state index contributed by atoms with van der Waals surface area (Å²) in [6.45, 7) is 0. The third kappa shape index (κ3) is 2.98. The first-order valence-corrected chi connectivity index (χ1v) is 5.72. The lowest BCUT2D eigenvalue weighted by molar-refractivity contribution is -0.113. The van der Waals surface area contributed by atoms with Gasteiger partial charge in [-0.15, -0.1) is 11.3 Å². The average Bonchev–Trinajstić information content (AvgIpc) is 2.76. The van der Waals surface area contributed by atoms with Gasteiger partial charge in [0.1, 0.15) is 10.8 Å². The fraction of sp³-hybridized carbons (Fsp3) is 0. The molecule has 86 valence electrons. The Labute approximate surface area is 101 Å². The molecule has 0 atom stereocenters. The van der Waals surface area contributed by atoms with E-state index in [4.69, 9.17) is 5.73 Å². The Morgan fingerprint density at radius 3 is 2.71 bits per heavy atom. The zero-order valence-electron chi connectivity index (χ0n) is 8.76. The number of benzene rings is 1. The number of hydrogen-bond donors (Lipinski definition) is 1. The van der Waals surface area contributed by atoms with Crippen LogP contribution < -0.4 is 5.73 Å². The highest BCUT2D eigenvalue weighted by Crippen LogP contribution is 2.22. The van der Waals surface area contributed by atoms with Crippen LogP contribution in [0.4, 0.5) is 4.39 Å². The molecule has 0 saturated carbocycles. The second-order valence-corrected chi connectivity index (χ2v) is 4.20. The lowest BCUT2D eigenvalue weighted by Crippen LogP contribution is -2.04. The van der Waals surface area contributed by atoms with Crippen molar-refractivity contribution in [1.29, 1.82) is 0 Å². The van der Waals surface area contributed by atoms with E-state index in [2.05, 4.69) is 4.98 Å². The normalized spacial score (nSPS) is 10.9. The van der Waals surface area contributed by atoms with Crippen LogP contribution in [0, 0.1) is 5.82 Å². The fourth-order valence-corrected chi connectivity index (χ4v) is 1.99. The molecule has 2 rings (SSSR count). The predicted octanol–water partition coefficient (Wildman–Crippen LogP) is 2.45. The molecule has 0 aliphatic carbocycles. The summed E-state index contributed by atoms with van der Waals surface area (Å²) in [6.07, 6.45) is 2.81. The highest BCUT2D eigenvalue weighted by Gasteiger charge is 2.02. The van der Waals surface area contributed by atoms with Crippen molar-refractivity contribution in [1.82, 2.24) is 4.98 Å². The van der Waals surface area contributed by atoms with E-state index in [-0.39, 0.29) is 5.82 Å². The van der Waals surface area contributed by atoms with Crippen LogP contribution in [0.3, 0.4) is 0 Å². The van der Waals surface area contributed by atoms with Crippen molar-refractivity contribution in [2.45, 2.75) is 0 Å². The summed E-state index contributed by atoms with van der Waals surface area (Å²) in [4.78, 5) is 14.8. The molecule has 0 saturated heterocycles. The van der Waals surface area contributed by atoms with Gasteiger partial charge < -0.3 is 5.73 Å². The van der Waals surface area contributed by atoms with Crippen LogP contribution in [0.2, 0.25) is 0 Å². The molecule has 1 amide bonds. The molecule has 0 bridgehead atoms. The van der Waals surface area contributed by atoms with Gasteiger partial charge in [-0.2, -0.15) is 0 Å². The molecule has 0 unspecified atom stereocenters. The van der Waals surface area contributed by atoms with E-state index in [1.165, 1.54) is 29.5 Å². The van der Waals surface area contributed by atoms with Crippen molar-refractivity contribution in [3.63, 3.8) is 0 Å². The molecule has 1 aromatic carbocycles. The van der Waals surface area contributed by atoms with Crippen LogP contribution in [0.5, 0.6) is 0 Å². The van der Waals surface area contributed by atoms with Crippen molar-refractivity contribution < 1.29 is 9.18 Å². The van der Waals surface area contributed by atoms with Gasteiger partial charge in [0, 0.05) is 17.0 Å².